The molecule has 0 saturated carbocycles. The molecule has 0 amide bonds. The van der Waals surface area contributed by atoms with Gasteiger partial charge in [-0.3, -0.25) is 0 Å². The largest absolute Gasteiger partial charge is 0.207 e. The van der Waals surface area contributed by atoms with Gasteiger partial charge in [0.05, 0.1) is 0 Å². The average Bonchev–Trinajstić information content (AvgIpc) is 2.33. The highest BCUT2D eigenvalue weighted by molar-refractivity contribution is 9.10. The minimum atomic E-state index is -0.175. The lowest BCUT2D eigenvalue weighted by Crippen LogP contribution is -1.98. The van der Waals surface area contributed by atoms with Gasteiger partial charge >= 0.3 is 0 Å². The lowest BCUT2D eigenvalue weighted by Gasteiger charge is -2.11. The Labute approximate surface area is 117 Å². The topological polar surface area (TPSA) is 0 Å². The second kappa shape index (κ2) is 5.78. The average molecular weight is 358 g/mol. The molecule has 2 aromatic rings. The smallest absolute Gasteiger partial charge is 0.127 e. The number of halogens is 3. The summed E-state index contributed by atoms with van der Waals surface area (Å²) in [7, 11) is 0. The summed E-state index contributed by atoms with van der Waals surface area (Å²) in [6.07, 6.45) is 0.772. The quantitative estimate of drug-likeness (QED) is 0.656. The zero-order valence-corrected chi connectivity index (χ0v) is 12.2. The molecule has 0 aliphatic heterocycles. The van der Waals surface area contributed by atoms with Crippen LogP contribution in [0, 0.1) is 5.82 Å². The van der Waals surface area contributed by atoms with Gasteiger partial charge in [0, 0.05) is 14.9 Å². The SMILES string of the molecule is Fc1ccc(Br)cc1C(Br)Cc1ccccc1. The lowest BCUT2D eigenvalue weighted by atomic mass is 10.0. The van der Waals surface area contributed by atoms with Gasteiger partial charge in [0.2, 0.25) is 0 Å². The minimum absolute atomic E-state index is 0.0117. The maximum atomic E-state index is 13.7. The van der Waals surface area contributed by atoms with Crippen molar-refractivity contribution in [3.63, 3.8) is 0 Å². The van der Waals surface area contributed by atoms with Crippen LogP contribution in [-0.4, -0.2) is 0 Å². The van der Waals surface area contributed by atoms with Crippen molar-refractivity contribution < 1.29 is 4.39 Å². The Morgan fingerprint density at radius 3 is 2.47 bits per heavy atom. The maximum absolute atomic E-state index is 13.7. The molecule has 17 heavy (non-hydrogen) atoms. The Kier molecular flexibility index (Phi) is 4.35. The van der Waals surface area contributed by atoms with Crippen LogP contribution in [0.25, 0.3) is 0 Å². The van der Waals surface area contributed by atoms with Gasteiger partial charge < -0.3 is 0 Å². The molecule has 0 aliphatic rings. The highest BCUT2D eigenvalue weighted by atomic mass is 79.9. The summed E-state index contributed by atoms with van der Waals surface area (Å²) in [4.78, 5) is -0.0117. The molecule has 0 aromatic heterocycles. The van der Waals surface area contributed by atoms with Gasteiger partial charge in [-0.1, -0.05) is 62.2 Å². The van der Waals surface area contributed by atoms with E-state index in [0.29, 0.717) is 5.56 Å². The number of benzene rings is 2. The van der Waals surface area contributed by atoms with Crippen molar-refractivity contribution in [2.75, 3.05) is 0 Å². The Hall–Kier alpha value is -0.670. The van der Waals surface area contributed by atoms with Crippen molar-refractivity contribution in [2.45, 2.75) is 11.2 Å². The van der Waals surface area contributed by atoms with Crippen molar-refractivity contribution in [1.29, 1.82) is 0 Å². The van der Waals surface area contributed by atoms with E-state index >= 15 is 0 Å². The Balaban J connectivity index is 2.20. The normalized spacial score (nSPS) is 12.4. The monoisotopic (exact) mass is 356 g/mol. The molecule has 0 aliphatic carbocycles. The summed E-state index contributed by atoms with van der Waals surface area (Å²) in [5.74, 6) is -0.175. The second-order valence-corrected chi connectivity index (χ2v) is 5.84. The van der Waals surface area contributed by atoms with Crippen molar-refractivity contribution in [3.05, 3.63) is 69.9 Å². The highest BCUT2D eigenvalue weighted by Crippen LogP contribution is 2.30. The van der Waals surface area contributed by atoms with Gasteiger partial charge in [0.25, 0.3) is 0 Å². The first-order valence-electron chi connectivity index (χ1n) is 5.30. The van der Waals surface area contributed by atoms with E-state index in [-0.39, 0.29) is 10.6 Å². The number of hydrogen-bond donors (Lipinski definition) is 0. The summed E-state index contributed by atoms with van der Waals surface area (Å²) in [6.45, 7) is 0. The Morgan fingerprint density at radius 1 is 1.06 bits per heavy atom. The third-order valence-electron chi connectivity index (χ3n) is 2.55. The van der Waals surface area contributed by atoms with Gasteiger partial charge in [0.1, 0.15) is 5.82 Å². The van der Waals surface area contributed by atoms with Crippen LogP contribution in [0.4, 0.5) is 4.39 Å². The summed E-state index contributed by atoms with van der Waals surface area (Å²) in [6, 6.07) is 15.1. The molecule has 88 valence electrons. The molecule has 0 N–H and O–H groups in total. The molecule has 1 atom stereocenters. The number of alkyl halides is 1. The van der Waals surface area contributed by atoms with Crippen molar-refractivity contribution >= 4 is 31.9 Å². The summed E-state index contributed by atoms with van der Waals surface area (Å²) in [5.41, 5.74) is 1.87. The fourth-order valence-corrected chi connectivity index (χ4v) is 2.79. The lowest BCUT2D eigenvalue weighted by molar-refractivity contribution is 0.607. The van der Waals surface area contributed by atoms with Crippen LogP contribution in [0.1, 0.15) is 16.0 Å². The third-order valence-corrected chi connectivity index (χ3v) is 3.86. The zero-order valence-electron chi connectivity index (χ0n) is 9.04. The summed E-state index contributed by atoms with van der Waals surface area (Å²) < 4.78 is 14.6. The number of rotatable bonds is 3. The predicted octanol–water partition coefficient (Wildman–Crippen LogP) is 5.27. The van der Waals surface area contributed by atoms with Crippen LogP contribution in [0.2, 0.25) is 0 Å². The summed E-state index contributed by atoms with van der Waals surface area (Å²) in [5, 5.41) is 0. The van der Waals surface area contributed by atoms with E-state index in [2.05, 4.69) is 31.9 Å². The molecule has 2 rings (SSSR count). The maximum Gasteiger partial charge on any atom is 0.127 e. The predicted molar refractivity (Wildman–Crippen MR) is 75.9 cm³/mol. The highest BCUT2D eigenvalue weighted by Gasteiger charge is 2.13. The molecule has 0 saturated heterocycles. The number of hydrogen-bond acceptors (Lipinski definition) is 0. The van der Waals surface area contributed by atoms with E-state index in [1.807, 2.05) is 36.4 Å². The van der Waals surface area contributed by atoms with Crippen LogP contribution in [0.3, 0.4) is 0 Å². The van der Waals surface area contributed by atoms with Crippen molar-refractivity contribution in [3.8, 4) is 0 Å². The molecule has 0 spiro atoms. The Bertz CT molecular complexity index is 497. The molecule has 3 heteroatoms. The molecule has 0 fully saturated rings. The molecule has 0 nitrogen and oxygen atoms in total. The molecule has 0 radical (unpaired) electrons. The molecular formula is C14H11Br2F. The van der Waals surface area contributed by atoms with E-state index in [0.717, 1.165) is 10.9 Å². The Morgan fingerprint density at radius 2 is 1.76 bits per heavy atom. The van der Waals surface area contributed by atoms with E-state index in [9.17, 15) is 4.39 Å². The van der Waals surface area contributed by atoms with Crippen molar-refractivity contribution in [2.24, 2.45) is 0 Å². The van der Waals surface area contributed by atoms with Gasteiger partial charge in [0.15, 0.2) is 0 Å². The first-order chi connectivity index (χ1) is 8.16. The third kappa shape index (κ3) is 3.39. The van der Waals surface area contributed by atoms with E-state index < -0.39 is 0 Å². The van der Waals surface area contributed by atoms with Crippen molar-refractivity contribution in [1.82, 2.24) is 0 Å². The molecule has 2 aromatic carbocycles. The van der Waals surface area contributed by atoms with Crippen LogP contribution in [-0.2, 0) is 6.42 Å². The summed E-state index contributed by atoms with van der Waals surface area (Å²) >= 11 is 6.91. The van der Waals surface area contributed by atoms with E-state index in [1.165, 1.54) is 11.6 Å². The molecular weight excluding hydrogens is 347 g/mol. The fraction of sp³-hybridized carbons (Fsp3) is 0.143. The van der Waals surface area contributed by atoms with E-state index in [4.69, 9.17) is 0 Å². The van der Waals surface area contributed by atoms with Crippen LogP contribution in [0.15, 0.2) is 53.0 Å². The fourth-order valence-electron chi connectivity index (χ4n) is 1.69. The molecule has 0 bridgehead atoms. The van der Waals surface area contributed by atoms with Gasteiger partial charge in [-0.05, 0) is 30.2 Å². The standard InChI is InChI=1S/C14H11Br2F/c15-11-6-7-14(17)12(9-11)13(16)8-10-4-2-1-3-5-10/h1-7,9,13H,8H2. The van der Waals surface area contributed by atoms with Crippen LogP contribution in [0.5, 0.6) is 0 Å². The first-order valence-corrected chi connectivity index (χ1v) is 7.00. The molecule has 1 unspecified atom stereocenters. The molecule has 0 heterocycles. The first kappa shape index (κ1) is 12.8. The van der Waals surface area contributed by atoms with Gasteiger partial charge in [-0.15, -0.1) is 0 Å². The minimum Gasteiger partial charge on any atom is -0.207 e. The van der Waals surface area contributed by atoms with Crippen LogP contribution >= 0.6 is 31.9 Å². The van der Waals surface area contributed by atoms with Gasteiger partial charge in [-0.2, -0.15) is 0 Å². The van der Waals surface area contributed by atoms with E-state index in [1.54, 1.807) is 6.07 Å². The zero-order chi connectivity index (χ0) is 12.3. The van der Waals surface area contributed by atoms with Gasteiger partial charge in [-0.25, -0.2) is 4.39 Å². The second-order valence-electron chi connectivity index (χ2n) is 3.82. The van der Waals surface area contributed by atoms with Crippen LogP contribution < -0.4 is 0 Å².